The standard InChI is InChI=1S/C15H21ClFN6O7P/c1-3-15(13(25)19-2,31(26,27)28)29-4-6-9(24)7(17)12(30-6)23-5-20-8-10(18)21-14(16)22-11(8)23/h5-7,9,12,24H,3-4H2,1-2H3,(H,19,25)(H2,18,21,22)(H2,26,27,28)/t6-,7+,9-,12-,15?/m1/s1. The van der Waals surface area contributed by atoms with Gasteiger partial charge >= 0.3 is 7.60 Å². The van der Waals surface area contributed by atoms with E-state index in [1.54, 1.807) is 0 Å². The first kappa shape index (κ1) is 23.7. The van der Waals surface area contributed by atoms with Crippen molar-refractivity contribution in [2.75, 3.05) is 19.4 Å². The van der Waals surface area contributed by atoms with Crippen molar-refractivity contribution in [2.24, 2.45) is 0 Å². The Balaban J connectivity index is 1.86. The van der Waals surface area contributed by atoms with E-state index in [1.165, 1.54) is 20.3 Å². The minimum Gasteiger partial charge on any atom is -0.387 e. The van der Waals surface area contributed by atoms with Gasteiger partial charge in [-0.25, -0.2) is 9.37 Å². The Labute approximate surface area is 179 Å². The first-order valence-electron chi connectivity index (χ1n) is 9.01. The molecule has 0 radical (unpaired) electrons. The summed E-state index contributed by atoms with van der Waals surface area (Å²) in [5.41, 5.74) is 5.92. The number of nitrogens with zero attached hydrogens (tertiary/aromatic N) is 4. The molecule has 1 aliphatic heterocycles. The Hall–Kier alpha value is -1.93. The number of nitrogens with two attached hydrogens (primary N) is 1. The van der Waals surface area contributed by atoms with Crippen molar-refractivity contribution >= 4 is 42.1 Å². The maximum Gasteiger partial charge on any atom is 0.366 e. The maximum atomic E-state index is 14.9. The van der Waals surface area contributed by atoms with Crippen molar-refractivity contribution < 1.29 is 38.1 Å². The predicted molar refractivity (Wildman–Crippen MR) is 105 cm³/mol. The van der Waals surface area contributed by atoms with E-state index < -0.39 is 50.1 Å². The molecule has 3 rings (SSSR count). The van der Waals surface area contributed by atoms with Crippen LogP contribution >= 0.6 is 19.2 Å². The van der Waals surface area contributed by atoms with Crippen molar-refractivity contribution in [3.63, 3.8) is 0 Å². The molecular weight excluding hydrogens is 462 g/mol. The van der Waals surface area contributed by atoms with Crippen molar-refractivity contribution in [1.29, 1.82) is 0 Å². The molecule has 172 valence electrons. The molecule has 3 heterocycles. The zero-order chi connectivity index (χ0) is 23.1. The summed E-state index contributed by atoms with van der Waals surface area (Å²) in [6, 6.07) is 0. The van der Waals surface area contributed by atoms with Gasteiger partial charge in [-0.05, 0) is 18.0 Å². The third kappa shape index (κ3) is 4.00. The minimum atomic E-state index is -5.10. The molecule has 1 aliphatic rings. The number of aliphatic hydroxyl groups excluding tert-OH is 1. The summed E-state index contributed by atoms with van der Waals surface area (Å²) in [6.45, 7) is 0.654. The smallest absolute Gasteiger partial charge is 0.366 e. The topological polar surface area (TPSA) is 195 Å². The van der Waals surface area contributed by atoms with E-state index >= 15 is 0 Å². The number of nitrogen functional groups attached to an aromatic ring is 1. The Morgan fingerprint density at radius 1 is 1.52 bits per heavy atom. The number of aromatic nitrogens is 4. The number of fused-ring (bicyclic) bond motifs is 1. The normalized spacial score (nSPS) is 26.2. The lowest BCUT2D eigenvalue weighted by molar-refractivity contribution is -0.146. The van der Waals surface area contributed by atoms with Crippen LogP contribution < -0.4 is 11.1 Å². The summed E-state index contributed by atoms with van der Waals surface area (Å²) in [5.74, 6) is -1.10. The number of amides is 1. The zero-order valence-electron chi connectivity index (χ0n) is 16.3. The number of anilines is 1. The van der Waals surface area contributed by atoms with Crippen LogP contribution in [0.25, 0.3) is 11.2 Å². The molecule has 31 heavy (non-hydrogen) atoms. The molecule has 1 saturated heterocycles. The average Bonchev–Trinajstić information content (AvgIpc) is 3.23. The van der Waals surface area contributed by atoms with E-state index in [4.69, 9.17) is 26.8 Å². The highest BCUT2D eigenvalue weighted by molar-refractivity contribution is 7.54. The van der Waals surface area contributed by atoms with Crippen LogP contribution in [-0.2, 0) is 18.8 Å². The Morgan fingerprint density at radius 2 is 2.19 bits per heavy atom. The molecule has 2 aromatic rings. The van der Waals surface area contributed by atoms with Crippen molar-refractivity contribution in [2.45, 2.75) is 43.3 Å². The fraction of sp³-hybridized carbons (Fsp3) is 0.600. The summed E-state index contributed by atoms with van der Waals surface area (Å²) in [7, 11) is -3.92. The Bertz CT molecular complexity index is 1040. The minimum absolute atomic E-state index is 0.0393. The Kier molecular flexibility index (Phi) is 6.54. The van der Waals surface area contributed by atoms with Gasteiger partial charge in [0.2, 0.25) is 10.6 Å². The molecule has 2 aromatic heterocycles. The molecule has 0 aliphatic carbocycles. The van der Waals surface area contributed by atoms with Crippen molar-refractivity contribution in [3.05, 3.63) is 11.6 Å². The number of ether oxygens (including phenoxy) is 2. The van der Waals surface area contributed by atoms with E-state index in [1.807, 2.05) is 0 Å². The van der Waals surface area contributed by atoms with Gasteiger partial charge < -0.3 is 35.4 Å². The van der Waals surface area contributed by atoms with Crippen LogP contribution in [0.4, 0.5) is 10.2 Å². The van der Waals surface area contributed by atoms with E-state index in [0.29, 0.717) is 0 Å². The van der Waals surface area contributed by atoms with Gasteiger partial charge in [-0.3, -0.25) is 13.9 Å². The molecule has 16 heteroatoms. The molecule has 1 fully saturated rings. The first-order chi connectivity index (χ1) is 14.5. The molecular formula is C15H21ClFN6O7P. The summed E-state index contributed by atoms with van der Waals surface area (Å²) < 4.78 is 38.8. The maximum absolute atomic E-state index is 14.9. The number of nitrogens with one attached hydrogen (secondary N) is 1. The highest BCUT2D eigenvalue weighted by Crippen LogP contribution is 2.53. The van der Waals surface area contributed by atoms with E-state index in [2.05, 4.69) is 20.3 Å². The number of rotatable bonds is 7. The third-order valence-corrected chi connectivity index (χ3v) is 6.77. The fourth-order valence-corrected chi connectivity index (χ4v) is 4.53. The number of alkyl halides is 1. The molecule has 13 nitrogen and oxygen atoms in total. The number of aliphatic hydroxyl groups is 1. The quantitative estimate of drug-likeness (QED) is 0.257. The van der Waals surface area contributed by atoms with Gasteiger partial charge in [0.05, 0.1) is 12.9 Å². The van der Waals surface area contributed by atoms with E-state index in [0.717, 1.165) is 4.57 Å². The van der Waals surface area contributed by atoms with E-state index in [-0.39, 0.29) is 28.7 Å². The SMILES string of the molecule is CCC(OC[C@H]1O[C@@H](n2cnc3c(N)nc(Cl)nc32)[C@@H](F)[C@@H]1O)(C(=O)NC)P(=O)(O)O. The van der Waals surface area contributed by atoms with Crippen LogP contribution in [0.5, 0.6) is 0 Å². The number of likely N-dealkylation sites (N-methyl/N-ethyl adjacent to an activating group) is 1. The van der Waals surface area contributed by atoms with Gasteiger partial charge in [0, 0.05) is 7.05 Å². The molecule has 0 spiro atoms. The molecule has 5 atom stereocenters. The average molecular weight is 483 g/mol. The molecule has 1 amide bonds. The monoisotopic (exact) mass is 482 g/mol. The van der Waals surface area contributed by atoms with Gasteiger partial charge in [-0.15, -0.1) is 0 Å². The lowest BCUT2D eigenvalue weighted by Gasteiger charge is -2.32. The molecule has 0 aromatic carbocycles. The van der Waals surface area contributed by atoms with Crippen LogP contribution in [0.2, 0.25) is 5.28 Å². The second kappa shape index (κ2) is 8.54. The summed E-state index contributed by atoms with van der Waals surface area (Å²) >= 11 is 5.80. The summed E-state index contributed by atoms with van der Waals surface area (Å²) in [4.78, 5) is 43.2. The van der Waals surface area contributed by atoms with Gasteiger partial charge in [-0.2, -0.15) is 9.97 Å². The van der Waals surface area contributed by atoms with Gasteiger partial charge in [0.15, 0.2) is 23.9 Å². The number of hydrogen-bond donors (Lipinski definition) is 5. The van der Waals surface area contributed by atoms with Gasteiger partial charge in [0.1, 0.15) is 17.7 Å². The van der Waals surface area contributed by atoms with Crippen molar-refractivity contribution in [3.8, 4) is 0 Å². The number of hydrogen-bond acceptors (Lipinski definition) is 9. The molecule has 6 N–H and O–H groups in total. The van der Waals surface area contributed by atoms with Crippen LogP contribution in [0.3, 0.4) is 0 Å². The number of imidazole rings is 1. The molecule has 1 unspecified atom stereocenters. The lowest BCUT2D eigenvalue weighted by atomic mass is 10.1. The number of halogens is 2. The Morgan fingerprint density at radius 3 is 2.77 bits per heavy atom. The zero-order valence-corrected chi connectivity index (χ0v) is 18.0. The number of carbonyl (C=O) groups is 1. The van der Waals surface area contributed by atoms with Crippen LogP contribution in [0.1, 0.15) is 19.6 Å². The highest BCUT2D eigenvalue weighted by atomic mass is 35.5. The second-order valence-electron chi connectivity index (χ2n) is 6.77. The second-order valence-corrected chi connectivity index (χ2v) is 8.92. The highest BCUT2D eigenvalue weighted by Gasteiger charge is 2.55. The number of carbonyl (C=O) groups excluding carboxylic acids is 1. The van der Waals surface area contributed by atoms with E-state index in [9.17, 15) is 28.6 Å². The van der Waals surface area contributed by atoms with Crippen LogP contribution in [0, 0.1) is 0 Å². The largest absolute Gasteiger partial charge is 0.387 e. The molecule has 0 saturated carbocycles. The van der Waals surface area contributed by atoms with Crippen LogP contribution in [-0.4, -0.2) is 77.7 Å². The first-order valence-corrected chi connectivity index (χ1v) is 11.0. The molecule has 0 bridgehead atoms. The van der Waals surface area contributed by atoms with Gasteiger partial charge in [0.25, 0.3) is 5.91 Å². The fourth-order valence-electron chi connectivity index (χ4n) is 3.33. The summed E-state index contributed by atoms with van der Waals surface area (Å²) in [5, 5.41) is 9.69. The van der Waals surface area contributed by atoms with Crippen LogP contribution in [0.15, 0.2) is 6.33 Å². The van der Waals surface area contributed by atoms with Crippen molar-refractivity contribution in [1.82, 2.24) is 24.8 Å². The lowest BCUT2D eigenvalue weighted by Crippen LogP contribution is -2.49. The summed E-state index contributed by atoms with van der Waals surface area (Å²) in [6.07, 6.45) is -5.74. The third-order valence-electron chi connectivity index (χ3n) is 5.01. The van der Waals surface area contributed by atoms with Gasteiger partial charge in [-0.1, -0.05) is 6.92 Å². The predicted octanol–water partition coefficient (Wildman–Crippen LogP) is -0.295.